The van der Waals surface area contributed by atoms with Crippen LogP contribution in [0, 0.1) is 6.92 Å². The summed E-state index contributed by atoms with van der Waals surface area (Å²) < 4.78 is 5.74. The molecule has 0 radical (unpaired) electrons. The predicted octanol–water partition coefficient (Wildman–Crippen LogP) is 2.95. The third-order valence-electron chi connectivity index (χ3n) is 2.92. The van der Waals surface area contributed by atoms with Gasteiger partial charge in [-0.2, -0.15) is 0 Å². The minimum atomic E-state index is 0.300. The van der Waals surface area contributed by atoms with Crippen LogP contribution >= 0.6 is 0 Å². The molecule has 0 aliphatic heterocycles. The summed E-state index contributed by atoms with van der Waals surface area (Å²) >= 11 is 0. The van der Waals surface area contributed by atoms with Crippen LogP contribution in [0.25, 0.3) is 0 Å². The first-order chi connectivity index (χ1) is 9.24. The van der Waals surface area contributed by atoms with Crippen LogP contribution in [0.4, 0.5) is 0 Å². The molecular weight excluding hydrogens is 236 g/mol. The molecule has 0 saturated heterocycles. The Balaban J connectivity index is 1.72. The molecule has 0 fully saturated rings. The fourth-order valence-corrected chi connectivity index (χ4v) is 1.71. The molecule has 19 heavy (non-hydrogen) atoms. The van der Waals surface area contributed by atoms with Gasteiger partial charge in [-0.05, 0) is 43.7 Å². The average Bonchev–Trinajstić information content (AvgIpc) is 2.45. The van der Waals surface area contributed by atoms with Gasteiger partial charge in [0.1, 0.15) is 12.4 Å². The SMILES string of the molecule is Cc1ccc(OCC(C)NCc2ccncc2)cc1. The Kier molecular flexibility index (Phi) is 4.93. The lowest BCUT2D eigenvalue weighted by molar-refractivity contribution is 0.272. The smallest absolute Gasteiger partial charge is 0.119 e. The Morgan fingerprint density at radius 2 is 1.79 bits per heavy atom. The highest BCUT2D eigenvalue weighted by Crippen LogP contribution is 2.11. The van der Waals surface area contributed by atoms with E-state index in [1.807, 2.05) is 36.7 Å². The molecule has 1 aromatic heterocycles. The first-order valence-corrected chi connectivity index (χ1v) is 6.56. The predicted molar refractivity (Wildman–Crippen MR) is 77.2 cm³/mol. The number of rotatable bonds is 6. The average molecular weight is 256 g/mol. The summed E-state index contributed by atoms with van der Waals surface area (Å²) in [6.45, 7) is 5.69. The summed E-state index contributed by atoms with van der Waals surface area (Å²) in [7, 11) is 0. The van der Waals surface area contributed by atoms with Gasteiger partial charge in [0.25, 0.3) is 0 Å². The molecule has 3 heteroatoms. The van der Waals surface area contributed by atoms with E-state index in [9.17, 15) is 0 Å². The molecule has 0 bridgehead atoms. The van der Waals surface area contributed by atoms with Gasteiger partial charge in [-0.15, -0.1) is 0 Å². The minimum Gasteiger partial charge on any atom is -0.492 e. The molecule has 1 unspecified atom stereocenters. The Labute approximate surface area is 114 Å². The first kappa shape index (κ1) is 13.6. The van der Waals surface area contributed by atoms with Crippen molar-refractivity contribution in [2.75, 3.05) is 6.61 Å². The van der Waals surface area contributed by atoms with Crippen LogP contribution in [-0.2, 0) is 6.54 Å². The van der Waals surface area contributed by atoms with Gasteiger partial charge in [-0.1, -0.05) is 17.7 Å². The van der Waals surface area contributed by atoms with Crippen LogP contribution in [0.2, 0.25) is 0 Å². The van der Waals surface area contributed by atoms with E-state index in [1.165, 1.54) is 11.1 Å². The van der Waals surface area contributed by atoms with Gasteiger partial charge in [0.2, 0.25) is 0 Å². The number of nitrogens with zero attached hydrogens (tertiary/aromatic N) is 1. The molecule has 0 aliphatic carbocycles. The van der Waals surface area contributed by atoms with Crippen LogP contribution in [0.5, 0.6) is 5.75 Å². The molecule has 0 aliphatic rings. The maximum absolute atomic E-state index is 5.74. The van der Waals surface area contributed by atoms with Crippen molar-refractivity contribution in [1.82, 2.24) is 10.3 Å². The summed E-state index contributed by atoms with van der Waals surface area (Å²) in [4.78, 5) is 4.00. The van der Waals surface area contributed by atoms with Crippen molar-refractivity contribution in [1.29, 1.82) is 0 Å². The number of aromatic nitrogens is 1. The second-order valence-electron chi connectivity index (χ2n) is 4.76. The topological polar surface area (TPSA) is 34.1 Å². The quantitative estimate of drug-likeness (QED) is 0.863. The number of ether oxygens (including phenoxy) is 1. The van der Waals surface area contributed by atoms with E-state index in [0.717, 1.165) is 12.3 Å². The van der Waals surface area contributed by atoms with Crippen LogP contribution in [0.15, 0.2) is 48.8 Å². The van der Waals surface area contributed by atoms with Crippen LogP contribution in [-0.4, -0.2) is 17.6 Å². The molecular formula is C16H20N2O. The molecule has 0 saturated carbocycles. The molecule has 1 aromatic carbocycles. The van der Waals surface area contributed by atoms with Gasteiger partial charge >= 0.3 is 0 Å². The number of pyridine rings is 1. The molecule has 0 spiro atoms. The molecule has 2 aromatic rings. The zero-order chi connectivity index (χ0) is 13.5. The highest BCUT2D eigenvalue weighted by atomic mass is 16.5. The molecule has 1 atom stereocenters. The Hall–Kier alpha value is -1.87. The molecule has 1 heterocycles. The number of aryl methyl sites for hydroxylation is 1. The highest BCUT2D eigenvalue weighted by Gasteiger charge is 2.02. The summed E-state index contributed by atoms with van der Waals surface area (Å²) in [5.41, 5.74) is 2.48. The molecule has 1 N–H and O–H groups in total. The highest BCUT2D eigenvalue weighted by molar-refractivity contribution is 5.26. The van der Waals surface area contributed by atoms with Crippen molar-refractivity contribution >= 4 is 0 Å². The lowest BCUT2D eigenvalue weighted by Crippen LogP contribution is -2.31. The number of benzene rings is 1. The zero-order valence-electron chi connectivity index (χ0n) is 11.5. The van der Waals surface area contributed by atoms with Crippen molar-refractivity contribution in [2.24, 2.45) is 0 Å². The van der Waals surface area contributed by atoms with Crippen LogP contribution < -0.4 is 10.1 Å². The number of hydrogen-bond acceptors (Lipinski definition) is 3. The second-order valence-corrected chi connectivity index (χ2v) is 4.76. The number of nitrogens with one attached hydrogen (secondary N) is 1. The van der Waals surface area contributed by atoms with E-state index in [0.29, 0.717) is 12.6 Å². The van der Waals surface area contributed by atoms with Gasteiger partial charge in [0.05, 0.1) is 0 Å². The maximum Gasteiger partial charge on any atom is 0.119 e. The van der Waals surface area contributed by atoms with Gasteiger partial charge < -0.3 is 10.1 Å². The molecule has 2 rings (SSSR count). The monoisotopic (exact) mass is 256 g/mol. The van der Waals surface area contributed by atoms with Crippen LogP contribution in [0.1, 0.15) is 18.1 Å². The normalized spacial score (nSPS) is 12.1. The fourth-order valence-electron chi connectivity index (χ4n) is 1.71. The third kappa shape index (κ3) is 4.72. The minimum absolute atomic E-state index is 0.300. The Morgan fingerprint density at radius 3 is 2.47 bits per heavy atom. The standard InChI is InChI=1S/C16H20N2O/c1-13-3-5-16(6-4-13)19-12-14(2)18-11-15-7-9-17-10-8-15/h3-10,14,18H,11-12H2,1-2H3. The number of hydrogen-bond donors (Lipinski definition) is 1. The van der Waals surface area contributed by atoms with E-state index in [4.69, 9.17) is 4.74 Å². The van der Waals surface area contributed by atoms with Gasteiger partial charge in [0, 0.05) is 25.0 Å². The van der Waals surface area contributed by atoms with Gasteiger partial charge in [-0.3, -0.25) is 4.98 Å². The van der Waals surface area contributed by atoms with Crippen LogP contribution in [0.3, 0.4) is 0 Å². The molecule has 3 nitrogen and oxygen atoms in total. The summed E-state index contributed by atoms with van der Waals surface area (Å²) in [6.07, 6.45) is 3.62. The van der Waals surface area contributed by atoms with E-state index >= 15 is 0 Å². The Bertz CT molecular complexity index is 482. The fraction of sp³-hybridized carbons (Fsp3) is 0.312. The Morgan fingerprint density at radius 1 is 1.11 bits per heavy atom. The van der Waals surface area contributed by atoms with Crippen molar-refractivity contribution in [3.63, 3.8) is 0 Å². The van der Waals surface area contributed by atoms with Crippen molar-refractivity contribution in [3.8, 4) is 5.75 Å². The molecule has 100 valence electrons. The second kappa shape index (κ2) is 6.90. The zero-order valence-corrected chi connectivity index (χ0v) is 11.5. The third-order valence-corrected chi connectivity index (χ3v) is 2.92. The molecule has 0 amide bonds. The summed E-state index contributed by atoms with van der Waals surface area (Å²) in [5.74, 6) is 0.920. The van der Waals surface area contributed by atoms with E-state index in [2.05, 4.69) is 36.3 Å². The van der Waals surface area contributed by atoms with E-state index in [-0.39, 0.29) is 0 Å². The summed E-state index contributed by atoms with van der Waals surface area (Å²) in [6, 6.07) is 12.5. The lowest BCUT2D eigenvalue weighted by Gasteiger charge is -2.15. The first-order valence-electron chi connectivity index (χ1n) is 6.56. The summed E-state index contributed by atoms with van der Waals surface area (Å²) in [5, 5.41) is 3.43. The van der Waals surface area contributed by atoms with Crippen molar-refractivity contribution in [2.45, 2.75) is 26.4 Å². The van der Waals surface area contributed by atoms with Gasteiger partial charge in [-0.25, -0.2) is 0 Å². The largest absolute Gasteiger partial charge is 0.492 e. The van der Waals surface area contributed by atoms with Crippen molar-refractivity contribution in [3.05, 3.63) is 59.9 Å². The van der Waals surface area contributed by atoms with Gasteiger partial charge in [0.15, 0.2) is 0 Å². The van der Waals surface area contributed by atoms with Crippen molar-refractivity contribution < 1.29 is 4.74 Å². The maximum atomic E-state index is 5.74. The van der Waals surface area contributed by atoms with E-state index < -0.39 is 0 Å². The lowest BCUT2D eigenvalue weighted by atomic mass is 10.2. The van der Waals surface area contributed by atoms with E-state index in [1.54, 1.807) is 0 Å².